The highest BCUT2D eigenvalue weighted by Crippen LogP contribution is 2.37. The number of aryl methyl sites for hydroxylation is 2. The Balaban J connectivity index is 1.74. The SMILES string of the molecule is Cc1ccc2c(oc3nc(-c4cc(C(C)(C)C)nc(C(C)(C)C)n4)ccc32)c1-c1cccc[n+]1C. The number of rotatable bonds is 2. The molecule has 35 heavy (non-hydrogen) atoms. The Morgan fingerprint density at radius 3 is 2.20 bits per heavy atom. The van der Waals surface area contributed by atoms with Gasteiger partial charge < -0.3 is 4.42 Å². The van der Waals surface area contributed by atoms with E-state index < -0.39 is 0 Å². The van der Waals surface area contributed by atoms with Crippen LogP contribution in [0.25, 0.3) is 44.7 Å². The average Bonchev–Trinajstić information content (AvgIpc) is 3.16. The van der Waals surface area contributed by atoms with Crippen molar-refractivity contribution in [1.82, 2.24) is 15.0 Å². The number of nitrogens with zero attached hydrogens (tertiary/aromatic N) is 4. The van der Waals surface area contributed by atoms with E-state index in [-0.39, 0.29) is 10.8 Å². The maximum atomic E-state index is 6.46. The molecule has 0 atom stereocenters. The Kier molecular flexibility index (Phi) is 5.28. The smallest absolute Gasteiger partial charge is 0.227 e. The van der Waals surface area contributed by atoms with Gasteiger partial charge in [0, 0.05) is 33.7 Å². The van der Waals surface area contributed by atoms with Crippen molar-refractivity contribution in [2.75, 3.05) is 0 Å². The molecular weight excluding hydrogens is 432 g/mol. The maximum absolute atomic E-state index is 6.46. The predicted molar refractivity (Wildman–Crippen MR) is 141 cm³/mol. The maximum Gasteiger partial charge on any atom is 0.227 e. The fourth-order valence-corrected chi connectivity index (χ4v) is 4.36. The topological polar surface area (TPSA) is 55.7 Å². The molecule has 0 spiro atoms. The lowest BCUT2D eigenvalue weighted by molar-refractivity contribution is -0.660. The van der Waals surface area contributed by atoms with Gasteiger partial charge in [-0.2, -0.15) is 0 Å². The van der Waals surface area contributed by atoms with Crippen LogP contribution in [0.3, 0.4) is 0 Å². The number of pyridine rings is 2. The lowest BCUT2D eigenvalue weighted by Gasteiger charge is -2.23. The second-order valence-electron chi connectivity index (χ2n) is 11.4. The van der Waals surface area contributed by atoms with Crippen LogP contribution in [0.4, 0.5) is 0 Å². The van der Waals surface area contributed by atoms with Crippen molar-refractivity contribution in [3.8, 4) is 22.6 Å². The lowest BCUT2D eigenvalue weighted by atomic mass is 9.89. The Bertz CT molecular complexity index is 1550. The van der Waals surface area contributed by atoms with Crippen molar-refractivity contribution < 1.29 is 8.98 Å². The molecule has 5 aromatic rings. The molecule has 5 heteroatoms. The predicted octanol–water partition coefficient (Wildman–Crippen LogP) is 6.83. The highest BCUT2D eigenvalue weighted by molar-refractivity contribution is 6.09. The summed E-state index contributed by atoms with van der Waals surface area (Å²) >= 11 is 0. The van der Waals surface area contributed by atoms with Gasteiger partial charge in [-0.3, -0.25) is 0 Å². The van der Waals surface area contributed by atoms with E-state index in [9.17, 15) is 0 Å². The quantitative estimate of drug-likeness (QED) is 0.268. The van der Waals surface area contributed by atoms with E-state index in [0.717, 1.165) is 50.5 Å². The van der Waals surface area contributed by atoms with Crippen LogP contribution in [0.1, 0.15) is 58.6 Å². The first-order chi connectivity index (χ1) is 16.4. The highest BCUT2D eigenvalue weighted by atomic mass is 16.3. The van der Waals surface area contributed by atoms with Crippen molar-refractivity contribution in [1.29, 1.82) is 0 Å². The zero-order chi connectivity index (χ0) is 25.1. The van der Waals surface area contributed by atoms with Gasteiger partial charge >= 0.3 is 0 Å². The van der Waals surface area contributed by atoms with Crippen LogP contribution in [0.2, 0.25) is 0 Å². The Morgan fingerprint density at radius 1 is 0.771 bits per heavy atom. The second kappa shape index (κ2) is 7.98. The van der Waals surface area contributed by atoms with Gasteiger partial charge in [0.1, 0.15) is 12.9 Å². The molecule has 0 aliphatic carbocycles. The summed E-state index contributed by atoms with van der Waals surface area (Å²) in [5.41, 5.74) is 7.20. The van der Waals surface area contributed by atoms with Crippen LogP contribution in [-0.4, -0.2) is 15.0 Å². The summed E-state index contributed by atoms with van der Waals surface area (Å²) in [7, 11) is 2.06. The molecule has 4 aromatic heterocycles. The Labute approximate surface area is 206 Å². The summed E-state index contributed by atoms with van der Waals surface area (Å²) in [6.45, 7) is 15.1. The summed E-state index contributed by atoms with van der Waals surface area (Å²) in [6.07, 6.45) is 2.06. The number of hydrogen-bond acceptors (Lipinski definition) is 4. The normalized spacial score (nSPS) is 12.6. The van der Waals surface area contributed by atoms with Gasteiger partial charge in [-0.1, -0.05) is 53.7 Å². The molecule has 5 rings (SSSR count). The zero-order valence-electron chi connectivity index (χ0n) is 21.9. The molecule has 0 unspecified atom stereocenters. The minimum Gasteiger partial charge on any atom is -0.437 e. The van der Waals surface area contributed by atoms with Gasteiger partial charge in [0.05, 0.1) is 22.6 Å². The largest absolute Gasteiger partial charge is 0.437 e. The van der Waals surface area contributed by atoms with E-state index in [2.05, 4.69) is 103 Å². The van der Waals surface area contributed by atoms with Crippen LogP contribution in [0.15, 0.2) is 59.1 Å². The van der Waals surface area contributed by atoms with Crippen LogP contribution in [0, 0.1) is 6.92 Å². The summed E-state index contributed by atoms with van der Waals surface area (Å²) in [4.78, 5) is 14.8. The van der Waals surface area contributed by atoms with E-state index in [0.29, 0.717) is 5.71 Å². The number of aromatic nitrogens is 4. The van der Waals surface area contributed by atoms with Gasteiger partial charge in [-0.25, -0.2) is 19.5 Å². The van der Waals surface area contributed by atoms with Gasteiger partial charge in [0.15, 0.2) is 11.8 Å². The van der Waals surface area contributed by atoms with Crippen molar-refractivity contribution in [3.05, 3.63) is 71.8 Å². The fourth-order valence-electron chi connectivity index (χ4n) is 4.36. The first kappa shape index (κ1) is 23.2. The first-order valence-corrected chi connectivity index (χ1v) is 12.1. The highest BCUT2D eigenvalue weighted by Gasteiger charge is 2.25. The molecule has 178 valence electrons. The van der Waals surface area contributed by atoms with Gasteiger partial charge in [0.2, 0.25) is 11.4 Å². The molecule has 0 aliphatic heterocycles. The monoisotopic (exact) mass is 465 g/mol. The second-order valence-corrected chi connectivity index (χ2v) is 11.4. The summed E-state index contributed by atoms with van der Waals surface area (Å²) < 4.78 is 8.58. The van der Waals surface area contributed by atoms with Crippen molar-refractivity contribution in [2.24, 2.45) is 7.05 Å². The molecule has 0 saturated carbocycles. The number of benzene rings is 1. The minimum absolute atomic E-state index is 0.0984. The zero-order valence-corrected chi connectivity index (χ0v) is 21.9. The molecule has 0 bridgehead atoms. The van der Waals surface area contributed by atoms with Crippen molar-refractivity contribution in [3.63, 3.8) is 0 Å². The van der Waals surface area contributed by atoms with Crippen molar-refractivity contribution in [2.45, 2.75) is 59.3 Å². The summed E-state index contributed by atoms with van der Waals surface area (Å²) in [5, 5.41) is 2.07. The average molecular weight is 466 g/mol. The number of fused-ring (bicyclic) bond motifs is 3. The standard InChI is InChI=1S/C30H33N4O/c1-18-12-13-19-20-14-15-21(22-17-24(29(2,3)4)33-28(32-22)30(5,6)7)31-27(20)35-26(19)25(18)23-11-9-10-16-34(23)8/h9-17H,1-8H3/q+1. The lowest BCUT2D eigenvalue weighted by Crippen LogP contribution is -2.30. The van der Waals surface area contributed by atoms with E-state index in [1.807, 2.05) is 12.1 Å². The van der Waals surface area contributed by atoms with Crippen LogP contribution in [0.5, 0.6) is 0 Å². The van der Waals surface area contributed by atoms with E-state index in [1.54, 1.807) is 0 Å². The number of hydrogen-bond donors (Lipinski definition) is 0. The van der Waals surface area contributed by atoms with Crippen molar-refractivity contribution >= 4 is 22.1 Å². The van der Waals surface area contributed by atoms with E-state index >= 15 is 0 Å². The van der Waals surface area contributed by atoms with Crippen LogP contribution >= 0.6 is 0 Å². The molecule has 4 heterocycles. The molecule has 0 N–H and O–H groups in total. The molecule has 0 saturated heterocycles. The Hall–Kier alpha value is -3.60. The van der Waals surface area contributed by atoms with Gasteiger partial charge in [0.25, 0.3) is 0 Å². The Morgan fingerprint density at radius 2 is 1.51 bits per heavy atom. The van der Waals surface area contributed by atoms with E-state index in [4.69, 9.17) is 19.4 Å². The molecular formula is C30H33N4O+. The fraction of sp³-hybridized carbons (Fsp3) is 0.333. The third-order valence-corrected chi connectivity index (χ3v) is 6.45. The molecule has 0 amide bonds. The molecule has 0 aliphatic rings. The van der Waals surface area contributed by atoms with E-state index in [1.165, 1.54) is 5.56 Å². The number of furan rings is 1. The minimum atomic E-state index is -0.170. The summed E-state index contributed by atoms with van der Waals surface area (Å²) in [6, 6.07) is 16.7. The molecule has 1 aromatic carbocycles. The molecule has 0 radical (unpaired) electrons. The van der Waals surface area contributed by atoms with Crippen LogP contribution < -0.4 is 4.57 Å². The first-order valence-electron chi connectivity index (χ1n) is 12.1. The third-order valence-electron chi connectivity index (χ3n) is 6.45. The third kappa shape index (κ3) is 4.09. The summed E-state index contributed by atoms with van der Waals surface area (Å²) in [5.74, 6) is 0.820. The molecule has 0 fully saturated rings. The van der Waals surface area contributed by atoms with Crippen LogP contribution in [-0.2, 0) is 17.9 Å². The van der Waals surface area contributed by atoms with Gasteiger partial charge in [-0.15, -0.1) is 0 Å². The molecule has 5 nitrogen and oxygen atoms in total. The van der Waals surface area contributed by atoms with Gasteiger partial charge in [-0.05, 0) is 36.8 Å².